The lowest BCUT2D eigenvalue weighted by atomic mass is 10.1. The van der Waals surface area contributed by atoms with Gasteiger partial charge in [0, 0.05) is 13.0 Å². The van der Waals surface area contributed by atoms with Crippen LogP contribution < -0.4 is 16.7 Å². The fourth-order valence-electron chi connectivity index (χ4n) is 2.33. The predicted octanol–water partition coefficient (Wildman–Crippen LogP) is 1.63. The van der Waals surface area contributed by atoms with Crippen molar-refractivity contribution in [3.63, 3.8) is 0 Å². The van der Waals surface area contributed by atoms with Crippen LogP contribution in [0.5, 0.6) is 5.88 Å². The average Bonchev–Trinajstić information content (AvgIpc) is 2.58. The summed E-state index contributed by atoms with van der Waals surface area (Å²) in [6.45, 7) is 7.36. The summed E-state index contributed by atoms with van der Waals surface area (Å²) in [5.41, 5.74) is 0.987. The molecule has 0 aliphatic rings. The minimum absolute atomic E-state index is 0.0369. The van der Waals surface area contributed by atoms with Crippen molar-refractivity contribution < 1.29 is 9.90 Å². The largest absolute Gasteiger partial charge is 0.494 e. The maximum atomic E-state index is 12.1. The van der Waals surface area contributed by atoms with Crippen LogP contribution in [0, 0.1) is 0 Å². The first-order valence-corrected chi connectivity index (χ1v) is 8.48. The van der Waals surface area contributed by atoms with Gasteiger partial charge in [-0.05, 0) is 12.8 Å². The van der Waals surface area contributed by atoms with Gasteiger partial charge in [0.15, 0.2) is 0 Å². The minimum atomic E-state index is -0.749. The van der Waals surface area contributed by atoms with E-state index < -0.39 is 17.1 Å². The zero-order valence-electron chi connectivity index (χ0n) is 14.8. The van der Waals surface area contributed by atoms with E-state index in [2.05, 4.69) is 29.0 Å². The topological polar surface area (TPSA) is 117 Å². The SMILES string of the molecule is C=CCn1c(O)c(/C(CC)=N\NC(=O)CCCCCC)c(=O)[nH]c1=O. The van der Waals surface area contributed by atoms with Gasteiger partial charge in [-0.15, -0.1) is 6.58 Å². The highest BCUT2D eigenvalue weighted by atomic mass is 16.3. The molecule has 0 spiro atoms. The van der Waals surface area contributed by atoms with Crippen molar-refractivity contribution in [2.45, 2.75) is 58.9 Å². The van der Waals surface area contributed by atoms with E-state index in [1.54, 1.807) is 6.92 Å². The normalized spacial score (nSPS) is 11.4. The quantitative estimate of drug-likeness (QED) is 0.257. The van der Waals surface area contributed by atoms with E-state index in [1.165, 1.54) is 6.08 Å². The first kappa shape index (κ1) is 20.4. The van der Waals surface area contributed by atoms with E-state index in [0.29, 0.717) is 12.8 Å². The molecule has 0 aliphatic heterocycles. The van der Waals surface area contributed by atoms with Crippen molar-refractivity contribution in [2.75, 3.05) is 0 Å². The molecule has 0 saturated carbocycles. The molecule has 1 amide bonds. The number of aromatic nitrogens is 2. The molecule has 0 unspecified atom stereocenters. The highest BCUT2D eigenvalue weighted by Gasteiger charge is 2.18. The Kier molecular flexibility index (Phi) is 8.38. The summed E-state index contributed by atoms with van der Waals surface area (Å²) in [4.78, 5) is 37.8. The molecule has 3 N–H and O–H groups in total. The molecule has 138 valence electrons. The maximum absolute atomic E-state index is 12.1. The Balaban J connectivity index is 3.01. The molecule has 0 fully saturated rings. The van der Waals surface area contributed by atoms with E-state index in [-0.39, 0.29) is 23.7 Å². The Morgan fingerprint density at radius 1 is 1.32 bits per heavy atom. The second-order valence-corrected chi connectivity index (χ2v) is 5.61. The molecule has 0 bridgehead atoms. The molecule has 1 rings (SSSR count). The number of aromatic hydroxyl groups is 1. The van der Waals surface area contributed by atoms with Crippen LogP contribution in [0.25, 0.3) is 0 Å². The van der Waals surface area contributed by atoms with Crippen LogP contribution in [-0.4, -0.2) is 26.3 Å². The van der Waals surface area contributed by atoms with Gasteiger partial charge in [0.25, 0.3) is 5.56 Å². The van der Waals surface area contributed by atoms with E-state index in [0.717, 1.165) is 30.3 Å². The lowest BCUT2D eigenvalue weighted by molar-refractivity contribution is -0.121. The highest BCUT2D eigenvalue weighted by Crippen LogP contribution is 2.13. The van der Waals surface area contributed by atoms with Crippen LogP contribution in [0.3, 0.4) is 0 Å². The number of carbonyl (C=O) groups excluding carboxylic acids is 1. The summed E-state index contributed by atoms with van der Waals surface area (Å²) in [6, 6.07) is 0. The predicted molar refractivity (Wildman–Crippen MR) is 96.9 cm³/mol. The van der Waals surface area contributed by atoms with Gasteiger partial charge in [0.1, 0.15) is 5.56 Å². The Morgan fingerprint density at radius 2 is 2.04 bits per heavy atom. The van der Waals surface area contributed by atoms with Crippen LogP contribution in [0.1, 0.15) is 57.9 Å². The number of unbranched alkanes of at least 4 members (excludes halogenated alkanes) is 3. The van der Waals surface area contributed by atoms with Gasteiger partial charge in [0.05, 0.1) is 5.71 Å². The molecule has 0 aromatic carbocycles. The minimum Gasteiger partial charge on any atom is -0.494 e. The first-order chi connectivity index (χ1) is 12.0. The number of nitrogens with one attached hydrogen (secondary N) is 2. The molecule has 8 heteroatoms. The smallest absolute Gasteiger partial charge is 0.331 e. The Hall–Kier alpha value is -2.64. The van der Waals surface area contributed by atoms with Crippen molar-refractivity contribution in [3.05, 3.63) is 39.1 Å². The monoisotopic (exact) mass is 350 g/mol. The van der Waals surface area contributed by atoms with E-state index in [4.69, 9.17) is 0 Å². The van der Waals surface area contributed by atoms with Crippen molar-refractivity contribution in [3.8, 4) is 5.88 Å². The van der Waals surface area contributed by atoms with Crippen LogP contribution in [0.15, 0.2) is 27.3 Å². The van der Waals surface area contributed by atoms with Crippen LogP contribution in [0.2, 0.25) is 0 Å². The average molecular weight is 350 g/mol. The summed E-state index contributed by atoms with van der Waals surface area (Å²) >= 11 is 0. The highest BCUT2D eigenvalue weighted by molar-refractivity contribution is 6.02. The van der Waals surface area contributed by atoms with Gasteiger partial charge in [-0.25, -0.2) is 10.2 Å². The van der Waals surface area contributed by atoms with Crippen molar-refractivity contribution in [1.82, 2.24) is 15.0 Å². The van der Waals surface area contributed by atoms with E-state index in [9.17, 15) is 19.5 Å². The molecule has 25 heavy (non-hydrogen) atoms. The van der Waals surface area contributed by atoms with Crippen LogP contribution in [0.4, 0.5) is 0 Å². The molecule has 8 nitrogen and oxygen atoms in total. The molecule has 0 aliphatic carbocycles. The Bertz CT molecular complexity index is 746. The number of hydrogen-bond donors (Lipinski definition) is 3. The summed E-state index contributed by atoms with van der Waals surface area (Å²) in [6.07, 6.45) is 5.96. The third kappa shape index (κ3) is 5.74. The molecule has 0 atom stereocenters. The van der Waals surface area contributed by atoms with Crippen molar-refractivity contribution in [2.24, 2.45) is 5.10 Å². The molecular formula is C17H26N4O4. The second-order valence-electron chi connectivity index (χ2n) is 5.61. The third-order valence-corrected chi connectivity index (χ3v) is 3.68. The van der Waals surface area contributed by atoms with Crippen LogP contribution >= 0.6 is 0 Å². The number of hydrazone groups is 1. The van der Waals surface area contributed by atoms with E-state index >= 15 is 0 Å². The number of nitrogens with zero attached hydrogens (tertiary/aromatic N) is 2. The maximum Gasteiger partial charge on any atom is 0.331 e. The summed E-state index contributed by atoms with van der Waals surface area (Å²) in [5, 5.41) is 14.2. The number of aromatic amines is 1. The fraction of sp³-hybridized carbons (Fsp3) is 0.529. The zero-order chi connectivity index (χ0) is 18.8. The first-order valence-electron chi connectivity index (χ1n) is 8.48. The Morgan fingerprint density at radius 3 is 2.64 bits per heavy atom. The third-order valence-electron chi connectivity index (χ3n) is 3.68. The number of rotatable bonds is 10. The van der Waals surface area contributed by atoms with Crippen molar-refractivity contribution in [1.29, 1.82) is 0 Å². The molecule has 1 aromatic heterocycles. The number of carbonyl (C=O) groups is 1. The molecule has 0 saturated heterocycles. The lowest BCUT2D eigenvalue weighted by Crippen LogP contribution is -2.34. The van der Waals surface area contributed by atoms with Gasteiger partial charge >= 0.3 is 5.69 Å². The number of allylic oxidation sites excluding steroid dienone is 1. The van der Waals surface area contributed by atoms with Crippen LogP contribution in [-0.2, 0) is 11.3 Å². The van der Waals surface area contributed by atoms with Gasteiger partial charge in [-0.1, -0.05) is 39.2 Å². The van der Waals surface area contributed by atoms with Gasteiger partial charge < -0.3 is 5.11 Å². The number of hydrogen-bond acceptors (Lipinski definition) is 5. The molecular weight excluding hydrogens is 324 g/mol. The van der Waals surface area contributed by atoms with Gasteiger partial charge in [-0.3, -0.25) is 19.1 Å². The molecule has 1 heterocycles. The van der Waals surface area contributed by atoms with E-state index in [1.807, 2.05) is 0 Å². The summed E-state index contributed by atoms with van der Waals surface area (Å²) < 4.78 is 0.974. The fourth-order valence-corrected chi connectivity index (χ4v) is 2.33. The lowest BCUT2D eigenvalue weighted by Gasteiger charge is -2.10. The second kappa shape index (κ2) is 10.3. The standard InChI is InChI=1S/C17H26N4O4/c1-4-7-8-9-10-13(22)20-19-12(6-3)14-15(23)18-17(25)21(11-5-2)16(14)24/h5,24H,2,4,6-11H2,1,3H3,(H,20,22)(H,18,23,25)/b19-12-. The van der Waals surface area contributed by atoms with Crippen molar-refractivity contribution >= 4 is 11.6 Å². The summed E-state index contributed by atoms with van der Waals surface area (Å²) in [7, 11) is 0. The summed E-state index contributed by atoms with van der Waals surface area (Å²) in [5.74, 6) is -0.746. The zero-order valence-corrected chi connectivity index (χ0v) is 14.8. The van der Waals surface area contributed by atoms with Gasteiger partial charge in [-0.2, -0.15) is 5.10 Å². The number of H-pyrrole nitrogens is 1. The number of amides is 1. The molecule has 1 aromatic rings. The Labute approximate surface area is 146 Å². The van der Waals surface area contributed by atoms with Gasteiger partial charge in [0.2, 0.25) is 11.8 Å². The molecule has 0 radical (unpaired) electrons.